The van der Waals surface area contributed by atoms with Crippen LogP contribution in [0.2, 0.25) is 0 Å². The first-order valence-electron chi connectivity index (χ1n) is 6.10. The quantitative estimate of drug-likeness (QED) is 0.828. The number of benzene rings is 1. The summed E-state index contributed by atoms with van der Waals surface area (Å²) < 4.78 is 5.07. The van der Waals surface area contributed by atoms with Crippen LogP contribution in [0.25, 0.3) is 0 Å². The Bertz CT molecular complexity index is 471. The number of carbonyl (C=O) groups is 2. The topological polar surface area (TPSA) is 75.6 Å². The number of carboxylic acid groups (broad SMARTS) is 1. The maximum atomic E-state index is 11.7. The van der Waals surface area contributed by atoms with Crippen LogP contribution in [0, 0.1) is 6.92 Å². The first-order valence-corrected chi connectivity index (χ1v) is 6.10. The lowest BCUT2D eigenvalue weighted by molar-refractivity contribution is -0.116. The van der Waals surface area contributed by atoms with Crippen molar-refractivity contribution >= 4 is 17.6 Å². The zero-order valence-corrected chi connectivity index (χ0v) is 11.4. The van der Waals surface area contributed by atoms with E-state index in [9.17, 15) is 9.59 Å². The van der Waals surface area contributed by atoms with Gasteiger partial charge < -0.3 is 15.2 Å². The van der Waals surface area contributed by atoms with Crippen molar-refractivity contribution in [2.75, 3.05) is 12.4 Å². The number of nitrogens with one attached hydrogen (secondary N) is 1. The highest BCUT2D eigenvalue weighted by atomic mass is 16.5. The summed E-state index contributed by atoms with van der Waals surface area (Å²) in [5.74, 6) is -1.08. The SMILES string of the molecule is COC(C)CCC(=O)Nc1ccc(C(=O)O)cc1C. The van der Waals surface area contributed by atoms with E-state index in [0.717, 1.165) is 5.56 Å². The Morgan fingerprint density at radius 2 is 2.11 bits per heavy atom. The van der Waals surface area contributed by atoms with Crippen molar-refractivity contribution in [3.63, 3.8) is 0 Å². The van der Waals surface area contributed by atoms with E-state index in [0.29, 0.717) is 18.5 Å². The summed E-state index contributed by atoms with van der Waals surface area (Å²) in [6, 6.07) is 4.62. The molecule has 2 N–H and O–H groups in total. The number of carboxylic acids is 1. The summed E-state index contributed by atoms with van der Waals surface area (Å²) in [6.07, 6.45) is 1.06. The third-order valence-corrected chi connectivity index (χ3v) is 2.93. The minimum Gasteiger partial charge on any atom is -0.478 e. The van der Waals surface area contributed by atoms with Gasteiger partial charge in [-0.15, -0.1) is 0 Å². The molecule has 1 aromatic rings. The van der Waals surface area contributed by atoms with Crippen LogP contribution in [0.15, 0.2) is 18.2 Å². The number of aromatic carboxylic acids is 1. The van der Waals surface area contributed by atoms with E-state index in [1.165, 1.54) is 12.1 Å². The monoisotopic (exact) mass is 265 g/mol. The fourth-order valence-corrected chi connectivity index (χ4v) is 1.60. The van der Waals surface area contributed by atoms with E-state index >= 15 is 0 Å². The Morgan fingerprint density at radius 1 is 1.42 bits per heavy atom. The van der Waals surface area contributed by atoms with E-state index in [2.05, 4.69) is 5.32 Å². The van der Waals surface area contributed by atoms with Gasteiger partial charge in [0.25, 0.3) is 0 Å². The first-order chi connectivity index (χ1) is 8.93. The standard InChI is InChI=1S/C14H19NO4/c1-9-8-11(14(17)18)5-6-12(9)15-13(16)7-4-10(2)19-3/h5-6,8,10H,4,7H2,1-3H3,(H,15,16)(H,17,18). The molecular formula is C14H19NO4. The number of aryl methyl sites for hydroxylation is 1. The van der Waals surface area contributed by atoms with Crippen molar-refractivity contribution in [1.29, 1.82) is 0 Å². The molecule has 1 unspecified atom stereocenters. The molecule has 0 bridgehead atoms. The van der Waals surface area contributed by atoms with Crippen LogP contribution in [-0.2, 0) is 9.53 Å². The van der Waals surface area contributed by atoms with Crippen molar-refractivity contribution in [1.82, 2.24) is 0 Å². The Labute approximate surface area is 112 Å². The van der Waals surface area contributed by atoms with Crippen molar-refractivity contribution in [3.8, 4) is 0 Å². The largest absolute Gasteiger partial charge is 0.478 e. The van der Waals surface area contributed by atoms with E-state index in [-0.39, 0.29) is 17.6 Å². The molecule has 0 spiro atoms. The second-order valence-corrected chi connectivity index (χ2v) is 4.47. The Morgan fingerprint density at radius 3 is 2.63 bits per heavy atom. The molecule has 0 radical (unpaired) electrons. The number of carbonyl (C=O) groups excluding carboxylic acids is 1. The molecule has 1 atom stereocenters. The van der Waals surface area contributed by atoms with Gasteiger partial charge in [-0.1, -0.05) is 0 Å². The Kier molecular flexibility index (Phi) is 5.51. The number of hydrogen-bond acceptors (Lipinski definition) is 3. The van der Waals surface area contributed by atoms with Gasteiger partial charge in [0, 0.05) is 19.2 Å². The van der Waals surface area contributed by atoms with Gasteiger partial charge in [-0.3, -0.25) is 4.79 Å². The zero-order chi connectivity index (χ0) is 14.4. The third-order valence-electron chi connectivity index (χ3n) is 2.93. The molecule has 0 fully saturated rings. The molecule has 5 nitrogen and oxygen atoms in total. The zero-order valence-electron chi connectivity index (χ0n) is 11.4. The van der Waals surface area contributed by atoms with E-state index in [1.54, 1.807) is 20.1 Å². The van der Waals surface area contributed by atoms with Crippen LogP contribution >= 0.6 is 0 Å². The summed E-state index contributed by atoms with van der Waals surface area (Å²) in [7, 11) is 1.61. The molecule has 0 aromatic heterocycles. The normalized spacial score (nSPS) is 11.9. The molecule has 0 aliphatic rings. The van der Waals surface area contributed by atoms with E-state index < -0.39 is 5.97 Å². The van der Waals surface area contributed by atoms with Crippen LogP contribution < -0.4 is 5.32 Å². The molecule has 0 aliphatic heterocycles. The van der Waals surface area contributed by atoms with Gasteiger partial charge in [0.15, 0.2) is 0 Å². The van der Waals surface area contributed by atoms with Crippen LogP contribution in [0.1, 0.15) is 35.7 Å². The van der Waals surface area contributed by atoms with E-state index in [1.807, 2.05) is 6.92 Å². The smallest absolute Gasteiger partial charge is 0.335 e. The lowest BCUT2D eigenvalue weighted by atomic mass is 10.1. The predicted octanol–water partition coefficient (Wildman–Crippen LogP) is 2.45. The molecule has 0 saturated heterocycles. The van der Waals surface area contributed by atoms with Crippen molar-refractivity contribution in [2.24, 2.45) is 0 Å². The average molecular weight is 265 g/mol. The number of rotatable bonds is 6. The Hall–Kier alpha value is -1.88. The van der Waals surface area contributed by atoms with Crippen molar-refractivity contribution in [3.05, 3.63) is 29.3 Å². The minimum atomic E-state index is -0.977. The summed E-state index contributed by atoms with van der Waals surface area (Å²) in [5, 5.41) is 11.6. The first kappa shape index (κ1) is 15.2. The number of anilines is 1. The Balaban J connectivity index is 2.62. The van der Waals surface area contributed by atoms with Gasteiger partial charge in [0.1, 0.15) is 0 Å². The van der Waals surface area contributed by atoms with Crippen LogP contribution in [-0.4, -0.2) is 30.2 Å². The summed E-state index contributed by atoms with van der Waals surface area (Å²) >= 11 is 0. The number of amides is 1. The van der Waals surface area contributed by atoms with Gasteiger partial charge in [-0.05, 0) is 44.0 Å². The number of ether oxygens (including phenoxy) is 1. The summed E-state index contributed by atoms with van der Waals surface area (Å²) in [4.78, 5) is 22.5. The molecule has 5 heteroatoms. The second kappa shape index (κ2) is 6.89. The fraction of sp³-hybridized carbons (Fsp3) is 0.429. The number of methoxy groups -OCH3 is 1. The maximum absolute atomic E-state index is 11.7. The van der Waals surface area contributed by atoms with Gasteiger partial charge in [0.05, 0.1) is 11.7 Å². The highest BCUT2D eigenvalue weighted by Gasteiger charge is 2.09. The van der Waals surface area contributed by atoms with Gasteiger partial charge >= 0.3 is 5.97 Å². The van der Waals surface area contributed by atoms with Crippen LogP contribution in [0.5, 0.6) is 0 Å². The second-order valence-electron chi connectivity index (χ2n) is 4.47. The molecule has 0 aliphatic carbocycles. The third kappa shape index (κ3) is 4.71. The van der Waals surface area contributed by atoms with Crippen molar-refractivity contribution in [2.45, 2.75) is 32.8 Å². The maximum Gasteiger partial charge on any atom is 0.335 e. The summed E-state index contributed by atoms with van der Waals surface area (Å²) in [6.45, 7) is 3.67. The lowest BCUT2D eigenvalue weighted by Gasteiger charge is -2.11. The average Bonchev–Trinajstić information content (AvgIpc) is 2.38. The van der Waals surface area contributed by atoms with E-state index in [4.69, 9.17) is 9.84 Å². The number of hydrogen-bond donors (Lipinski definition) is 2. The molecule has 1 amide bonds. The van der Waals surface area contributed by atoms with Gasteiger partial charge in [0.2, 0.25) is 5.91 Å². The molecule has 104 valence electrons. The van der Waals surface area contributed by atoms with Crippen LogP contribution in [0.3, 0.4) is 0 Å². The van der Waals surface area contributed by atoms with Crippen LogP contribution in [0.4, 0.5) is 5.69 Å². The molecule has 1 rings (SSSR count). The molecular weight excluding hydrogens is 246 g/mol. The minimum absolute atomic E-state index is 0.0428. The fourth-order valence-electron chi connectivity index (χ4n) is 1.60. The molecule has 1 aromatic carbocycles. The molecule has 0 heterocycles. The van der Waals surface area contributed by atoms with Gasteiger partial charge in [-0.2, -0.15) is 0 Å². The van der Waals surface area contributed by atoms with Gasteiger partial charge in [-0.25, -0.2) is 4.79 Å². The molecule has 19 heavy (non-hydrogen) atoms. The predicted molar refractivity (Wildman–Crippen MR) is 72.5 cm³/mol. The summed E-state index contributed by atoms with van der Waals surface area (Å²) in [5.41, 5.74) is 1.58. The highest BCUT2D eigenvalue weighted by molar-refractivity contribution is 5.93. The lowest BCUT2D eigenvalue weighted by Crippen LogP contribution is -2.15. The highest BCUT2D eigenvalue weighted by Crippen LogP contribution is 2.17. The molecule has 0 saturated carbocycles. The van der Waals surface area contributed by atoms with Crippen molar-refractivity contribution < 1.29 is 19.4 Å².